The van der Waals surface area contributed by atoms with Crippen LogP contribution in [0.25, 0.3) is 0 Å². The van der Waals surface area contributed by atoms with E-state index in [0.717, 1.165) is 12.2 Å². The van der Waals surface area contributed by atoms with Crippen molar-refractivity contribution < 1.29 is 14.0 Å². The summed E-state index contributed by atoms with van der Waals surface area (Å²) in [6.07, 6.45) is 0. The molecule has 1 saturated heterocycles. The minimum absolute atomic E-state index is 0.0384. The Balaban J connectivity index is 1.62. The molecule has 0 unspecified atom stereocenters. The molecule has 7 heteroatoms. The van der Waals surface area contributed by atoms with Gasteiger partial charge >= 0.3 is 0 Å². The minimum atomic E-state index is -0.592. The van der Waals surface area contributed by atoms with Crippen LogP contribution in [0.3, 0.4) is 0 Å². The normalized spacial score (nSPS) is 14.2. The molecule has 0 atom stereocenters. The molecule has 0 aliphatic carbocycles. The molecule has 5 nitrogen and oxygen atoms in total. The molecule has 0 radical (unpaired) electrons. The predicted octanol–water partition coefficient (Wildman–Crippen LogP) is 4.31. The molecule has 2 aromatic rings. The summed E-state index contributed by atoms with van der Waals surface area (Å²) < 4.78 is 14.0. The lowest BCUT2D eigenvalue weighted by Gasteiger charge is -2.35. The Bertz CT molecular complexity index is 909. The molecule has 1 heterocycles. The van der Waals surface area contributed by atoms with Crippen molar-refractivity contribution in [3.05, 3.63) is 64.4 Å². The fourth-order valence-electron chi connectivity index (χ4n) is 3.77. The Morgan fingerprint density at radius 1 is 1.00 bits per heavy atom. The van der Waals surface area contributed by atoms with Gasteiger partial charge in [-0.1, -0.05) is 11.6 Å². The highest BCUT2D eigenvalue weighted by molar-refractivity contribution is 6.31. The molecule has 2 aromatic carbocycles. The topological polar surface area (TPSA) is 43.9 Å². The van der Waals surface area contributed by atoms with Crippen molar-refractivity contribution in [2.75, 3.05) is 37.6 Å². The Hall–Kier alpha value is -2.60. The highest BCUT2D eigenvalue weighted by Crippen LogP contribution is 2.20. The van der Waals surface area contributed by atoms with Crippen molar-refractivity contribution in [1.29, 1.82) is 0 Å². The molecular formula is C23H27ClFN3O2. The van der Waals surface area contributed by atoms with Gasteiger partial charge in [-0.25, -0.2) is 4.39 Å². The Labute approximate surface area is 182 Å². The molecule has 2 amide bonds. The van der Waals surface area contributed by atoms with Crippen molar-refractivity contribution >= 4 is 29.1 Å². The predicted molar refractivity (Wildman–Crippen MR) is 118 cm³/mol. The number of halogens is 2. The van der Waals surface area contributed by atoms with Gasteiger partial charge in [0.25, 0.3) is 11.8 Å². The van der Waals surface area contributed by atoms with Gasteiger partial charge in [0.2, 0.25) is 0 Å². The first-order valence-electron chi connectivity index (χ1n) is 10.2. The Morgan fingerprint density at radius 3 is 2.10 bits per heavy atom. The van der Waals surface area contributed by atoms with Crippen LogP contribution in [0.2, 0.25) is 5.02 Å². The summed E-state index contributed by atoms with van der Waals surface area (Å²) in [5.74, 6) is -1.06. The number of nitrogens with zero attached hydrogens (tertiary/aromatic N) is 3. The summed E-state index contributed by atoms with van der Waals surface area (Å²) in [6, 6.07) is 12.0. The highest BCUT2D eigenvalue weighted by atomic mass is 35.5. The molecule has 1 aliphatic rings. The maximum Gasteiger partial charge on any atom is 0.257 e. The van der Waals surface area contributed by atoms with Crippen molar-refractivity contribution in [2.24, 2.45) is 0 Å². The molecule has 0 N–H and O–H groups in total. The number of amides is 2. The number of carbonyl (C=O) groups is 2. The number of hydrogen-bond acceptors (Lipinski definition) is 3. The summed E-state index contributed by atoms with van der Waals surface area (Å²) in [7, 11) is 0. The molecule has 0 bridgehead atoms. The third kappa shape index (κ3) is 4.75. The van der Waals surface area contributed by atoms with E-state index in [1.165, 1.54) is 18.2 Å². The second-order valence-corrected chi connectivity index (χ2v) is 8.07. The van der Waals surface area contributed by atoms with Gasteiger partial charge in [0.05, 0.1) is 5.56 Å². The summed E-state index contributed by atoms with van der Waals surface area (Å²) in [6.45, 7) is 8.79. The number of anilines is 1. The van der Waals surface area contributed by atoms with Crippen molar-refractivity contribution in [1.82, 2.24) is 9.80 Å². The lowest BCUT2D eigenvalue weighted by Crippen LogP contribution is -2.50. The van der Waals surface area contributed by atoms with E-state index in [2.05, 4.69) is 25.7 Å². The van der Waals surface area contributed by atoms with E-state index in [-0.39, 0.29) is 11.5 Å². The van der Waals surface area contributed by atoms with E-state index >= 15 is 0 Å². The van der Waals surface area contributed by atoms with Crippen LogP contribution in [0.4, 0.5) is 10.1 Å². The van der Waals surface area contributed by atoms with Crippen LogP contribution in [0.1, 0.15) is 41.5 Å². The average molecular weight is 432 g/mol. The number of piperazine rings is 1. The van der Waals surface area contributed by atoms with E-state index in [1.807, 2.05) is 24.3 Å². The zero-order valence-electron chi connectivity index (χ0n) is 17.6. The third-order valence-corrected chi connectivity index (χ3v) is 5.66. The standard InChI is InChI=1S/C23H27ClFN3O2/c1-4-28(16(2)3)19-8-5-17(6-9-19)22(29)26-11-13-27(14-12-26)23(30)20-15-18(24)7-10-21(20)25/h5-10,15-16H,4,11-14H2,1-3H3. The summed E-state index contributed by atoms with van der Waals surface area (Å²) in [4.78, 5) is 31.0. The second-order valence-electron chi connectivity index (χ2n) is 7.64. The van der Waals surface area contributed by atoms with Gasteiger partial charge in [-0.15, -0.1) is 0 Å². The fraction of sp³-hybridized carbons (Fsp3) is 0.391. The number of carbonyl (C=O) groups excluding carboxylic acids is 2. The molecule has 1 aliphatic heterocycles. The van der Waals surface area contributed by atoms with Crippen molar-refractivity contribution in [2.45, 2.75) is 26.8 Å². The molecular weight excluding hydrogens is 405 g/mol. The highest BCUT2D eigenvalue weighted by Gasteiger charge is 2.27. The maximum absolute atomic E-state index is 14.0. The van der Waals surface area contributed by atoms with E-state index < -0.39 is 11.7 Å². The molecule has 3 rings (SSSR count). The number of benzene rings is 2. The first-order chi connectivity index (χ1) is 14.3. The second kappa shape index (κ2) is 9.47. The molecule has 0 saturated carbocycles. The summed E-state index contributed by atoms with van der Waals surface area (Å²) in [5.41, 5.74) is 1.67. The number of hydrogen-bond donors (Lipinski definition) is 0. The van der Waals surface area contributed by atoms with Gasteiger partial charge in [0, 0.05) is 55.0 Å². The zero-order chi connectivity index (χ0) is 21.8. The molecule has 30 heavy (non-hydrogen) atoms. The molecule has 160 valence electrons. The SMILES string of the molecule is CCN(c1ccc(C(=O)N2CCN(C(=O)c3cc(Cl)ccc3F)CC2)cc1)C(C)C. The van der Waals surface area contributed by atoms with Gasteiger partial charge in [-0.05, 0) is 63.2 Å². The minimum Gasteiger partial charge on any atom is -0.369 e. The Morgan fingerprint density at radius 2 is 1.57 bits per heavy atom. The fourth-order valence-corrected chi connectivity index (χ4v) is 3.94. The Kier molecular flexibility index (Phi) is 6.98. The monoisotopic (exact) mass is 431 g/mol. The first kappa shape index (κ1) is 22.1. The maximum atomic E-state index is 14.0. The lowest BCUT2D eigenvalue weighted by atomic mass is 10.1. The molecule has 1 fully saturated rings. The van der Waals surface area contributed by atoms with Crippen LogP contribution in [-0.2, 0) is 0 Å². The van der Waals surface area contributed by atoms with Gasteiger partial charge in [-0.2, -0.15) is 0 Å². The summed E-state index contributed by atoms with van der Waals surface area (Å²) in [5, 5.41) is 0.316. The van der Waals surface area contributed by atoms with E-state index in [1.54, 1.807) is 9.80 Å². The van der Waals surface area contributed by atoms with E-state index in [9.17, 15) is 14.0 Å². The van der Waals surface area contributed by atoms with Crippen LogP contribution in [-0.4, -0.2) is 60.4 Å². The quantitative estimate of drug-likeness (QED) is 0.708. The van der Waals surface area contributed by atoms with Crippen molar-refractivity contribution in [3.63, 3.8) is 0 Å². The van der Waals surface area contributed by atoms with Crippen LogP contribution in [0.5, 0.6) is 0 Å². The molecule has 0 spiro atoms. The average Bonchev–Trinajstić information content (AvgIpc) is 2.75. The van der Waals surface area contributed by atoms with E-state index in [0.29, 0.717) is 42.8 Å². The van der Waals surface area contributed by atoms with E-state index in [4.69, 9.17) is 11.6 Å². The molecule has 0 aromatic heterocycles. The van der Waals surface area contributed by atoms with Crippen LogP contribution in [0.15, 0.2) is 42.5 Å². The zero-order valence-corrected chi connectivity index (χ0v) is 18.3. The van der Waals surface area contributed by atoms with Gasteiger partial charge in [-0.3, -0.25) is 9.59 Å². The van der Waals surface area contributed by atoms with Crippen molar-refractivity contribution in [3.8, 4) is 0 Å². The van der Waals surface area contributed by atoms with Gasteiger partial charge in [0.1, 0.15) is 5.82 Å². The lowest BCUT2D eigenvalue weighted by molar-refractivity contribution is 0.0533. The van der Waals surface area contributed by atoms with Crippen LogP contribution in [0, 0.1) is 5.82 Å². The third-order valence-electron chi connectivity index (χ3n) is 5.42. The number of rotatable bonds is 5. The largest absolute Gasteiger partial charge is 0.369 e. The smallest absolute Gasteiger partial charge is 0.257 e. The first-order valence-corrected chi connectivity index (χ1v) is 10.6. The van der Waals surface area contributed by atoms with Crippen LogP contribution < -0.4 is 4.90 Å². The van der Waals surface area contributed by atoms with Gasteiger partial charge in [0.15, 0.2) is 0 Å². The summed E-state index contributed by atoms with van der Waals surface area (Å²) >= 11 is 5.90. The van der Waals surface area contributed by atoms with Gasteiger partial charge < -0.3 is 14.7 Å². The van der Waals surface area contributed by atoms with Crippen LogP contribution >= 0.6 is 11.6 Å².